The second kappa shape index (κ2) is 7.52. The number of rotatable bonds is 4. The summed E-state index contributed by atoms with van der Waals surface area (Å²) in [5, 5.41) is 0.879. The molecule has 0 atom stereocenters. The topological polar surface area (TPSA) is 3.24 Å². The predicted molar refractivity (Wildman–Crippen MR) is 90.5 cm³/mol. The molecular formula is C16H19ClIN. The Kier molecular flexibility index (Phi) is 6.00. The van der Waals surface area contributed by atoms with Crippen LogP contribution in [0.5, 0.6) is 0 Å². The monoisotopic (exact) mass is 387 g/mol. The lowest BCUT2D eigenvalue weighted by Gasteiger charge is -2.31. The first-order chi connectivity index (χ1) is 9.19. The van der Waals surface area contributed by atoms with Crippen molar-refractivity contribution in [2.45, 2.75) is 25.7 Å². The number of likely N-dealkylation sites (tertiary alicyclic amines) is 1. The Hall–Kier alpha value is -0.240. The number of halogens is 2. The van der Waals surface area contributed by atoms with E-state index in [0.717, 1.165) is 33.9 Å². The van der Waals surface area contributed by atoms with Crippen LogP contribution in [-0.2, 0) is 6.42 Å². The lowest BCUT2D eigenvalue weighted by Crippen LogP contribution is -2.34. The van der Waals surface area contributed by atoms with Crippen molar-refractivity contribution >= 4 is 34.2 Å². The van der Waals surface area contributed by atoms with Crippen molar-refractivity contribution in [3.63, 3.8) is 0 Å². The van der Waals surface area contributed by atoms with Gasteiger partial charge in [-0.05, 0) is 78.6 Å². The highest BCUT2D eigenvalue weighted by atomic mass is 127. The maximum absolute atomic E-state index is 6.18. The van der Waals surface area contributed by atoms with E-state index >= 15 is 0 Å². The molecule has 1 nitrogen and oxygen atoms in total. The number of hydrogen-bond donors (Lipinski definition) is 0. The van der Waals surface area contributed by atoms with Gasteiger partial charge in [0, 0.05) is 16.5 Å². The van der Waals surface area contributed by atoms with E-state index in [-0.39, 0.29) is 0 Å². The van der Waals surface area contributed by atoms with Crippen molar-refractivity contribution < 1.29 is 0 Å². The van der Waals surface area contributed by atoms with Crippen LogP contribution in [0.2, 0.25) is 5.02 Å². The van der Waals surface area contributed by atoms with E-state index in [0.29, 0.717) is 0 Å². The van der Waals surface area contributed by atoms with Crippen LogP contribution >= 0.6 is 34.2 Å². The van der Waals surface area contributed by atoms with Crippen molar-refractivity contribution in [1.82, 2.24) is 4.90 Å². The zero-order valence-electron chi connectivity index (χ0n) is 11.0. The summed E-state index contributed by atoms with van der Waals surface area (Å²) < 4.78 is 1.13. The van der Waals surface area contributed by atoms with Crippen LogP contribution in [0.25, 0.3) is 0 Å². The molecule has 1 saturated heterocycles. The van der Waals surface area contributed by atoms with Crippen LogP contribution in [0.4, 0.5) is 0 Å². The van der Waals surface area contributed by atoms with Crippen molar-refractivity contribution in [3.8, 4) is 12.3 Å². The lowest BCUT2D eigenvalue weighted by molar-refractivity contribution is 0.187. The van der Waals surface area contributed by atoms with Crippen LogP contribution in [0.1, 0.15) is 24.8 Å². The normalized spacial score (nSPS) is 17.3. The summed E-state index contributed by atoms with van der Waals surface area (Å²) in [5.41, 5.74) is 1.37. The van der Waals surface area contributed by atoms with Crippen molar-refractivity contribution in [2.75, 3.05) is 19.6 Å². The van der Waals surface area contributed by atoms with E-state index in [1.54, 1.807) is 0 Å². The van der Waals surface area contributed by atoms with E-state index in [9.17, 15) is 0 Å². The minimum atomic E-state index is 0.790. The maximum atomic E-state index is 6.18. The summed E-state index contributed by atoms with van der Waals surface area (Å²) in [7, 11) is 0. The molecule has 1 heterocycles. The molecule has 0 N–H and O–H groups in total. The van der Waals surface area contributed by atoms with Gasteiger partial charge in [-0.2, -0.15) is 0 Å². The largest absolute Gasteiger partial charge is 0.302 e. The summed E-state index contributed by atoms with van der Waals surface area (Å²) in [4.78, 5) is 2.48. The highest BCUT2D eigenvalue weighted by Gasteiger charge is 2.19. The Morgan fingerprint density at radius 3 is 2.74 bits per heavy atom. The van der Waals surface area contributed by atoms with Gasteiger partial charge in [0.1, 0.15) is 0 Å². The molecule has 102 valence electrons. The Labute approximate surface area is 134 Å². The van der Waals surface area contributed by atoms with Crippen molar-refractivity contribution in [1.29, 1.82) is 0 Å². The Bertz CT molecular complexity index is 458. The SMILES string of the molecule is C#CCCN1CCC(Cc2ccc(I)c(Cl)c2)CC1. The summed E-state index contributed by atoms with van der Waals surface area (Å²) in [5.74, 6) is 3.51. The van der Waals surface area contributed by atoms with Crippen LogP contribution in [0.3, 0.4) is 0 Å². The smallest absolute Gasteiger partial charge is 0.0542 e. The van der Waals surface area contributed by atoms with E-state index in [2.05, 4.69) is 51.6 Å². The number of terminal acetylenes is 1. The third-order valence-corrected chi connectivity index (χ3v) is 5.36. The average Bonchev–Trinajstić information content (AvgIpc) is 2.42. The molecule has 1 fully saturated rings. The zero-order valence-corrected chi connectivity index (χ0v) is 14.0. The third kappa shape index (κ3) is 4.66. The predicted octanol–water partition coefficient (Wildman–Crippen LogP) is 4.22. The van der Waals surface area contributed by atoms with Gasteiger partial charge < -0.3 is 4.90 Å². The zero-order chi connectivity index (χ0) is 13.7. The molecule has 2 rings (SSSR count). The van der Waals surface area contributed by atoms with Gasteiger partial charge in [-0.1, -0.05) is 17.7 Å². The highest BCUT2D eigenvalue weighted by molar-refractivity contribution is 14.1. The molecule has 1 aliphatic rings. The van der Waals surface area contributed by atoms with Gasteiger partial charge in [-0.15, -0.1) is 12.3 Å². The minimum absolute atomic E-state index is 0.790. The molecular weight excluding hydrogens is 369 g/mol. The molecule has 0 radical (unpaired) electrons. The second-order valence-electron chi connectivity index (χ2n) is 5.19. The molecule has 19 heavy (non-hydrogen) atoms. The highest BCUT2D eigenvalue weighted by Crippen LogP contribution is 2.25. The number of hydrogen-bond acceptors (Lipinski definition) is 1. The van der Waals surface area contributed by atoms with Gasteiger partial charge in [0.05, 0.1) is 5.02 Å². The van der Waals surface area contributed by atoms with Gasteiger partial charge in [-0.3, -0.25) is 0 Å². The quantitative estimate of drug-likeness (QED) is 0.552. The van der Waals surface area contributed by atoms with Crippen molar-refractivity contribution in [3.05, 3.63) is 32.4 Å². The fourth-order valence-corrected chi connectivity index (χ4v) is 3.18. The first-order valence-electron chi connectivity index (χ1n) is 6.79. The first-order valence-corrected chi connectivity index (χ1v) is 8.24. The van der Waals surface area contributed by atoms with Crippen LogP contribution in [0, 0.1) is 21.8 Å². The standard InChI is InChI=1S/C16H19ClIN/c1-2-3-8-19-9-6-13(7-10-19)11-14-4-5-16(18)15(17)12-14/h1,4-5,12-13H,3,6-11H2. The molecule has 0 unspecified atom stereocenters. The van der Waals surface area contributed by atoms with Crippen molar-refractivity contribution in [2.24, 2.45) is 5.92 Å². The molecule has 0 spiro atoms. The summed E-state index contributed by atoms with van der Waals surface area (Å²) in [6.07, 6.45) is 9.88. The van der Waals surface area contributed by atoms with E-state index in [1.165, 1.54) is 31.5 Å². The van der Waals surface area contributed by atoms with E-state index in [1.807, 2.05) is 0 Å². The maximum Gasteiger partial charge on any atom is 0.0542 e. The Morgan fingerprint density at radius 1 is 1.37 bits per heavy atom. The first kappa shape index (κ1) is 15.2. The van der Waals surface area contributed by atoms with Crippen LogP contribution in [-0.4, -0.2) is 24.5 Å². The van der Waals surface area contributed by atoms with Gasteiger partial charge in [0.15, 0.2) is 0 Å². The van der Waals surface area contributed by atoms with Gasteiger partial charge in [0.2, 0.25) is 0 Å². The minimum Gasteiger partial charge on any atom is -0.302 e. The number of nitrogens with zero attached hydrogens (tertiary/aromatic N) is 1. The summed E-state index contributed by atoms with van der Waals surface area (Å²) >= 11 is 8.45. The van der Waals surface area contributed by atoms with E-state index in [4.69, 9.17) is 18.0 Å². The van der Waals surface area contributed by atoms with E-state index < -0.39 is 0 Å². The third-order valence-electron chi connectivity index (χ3n) is 3.79. The summed E-state index contributed by atoms with van der Waals surface area (Å²) in [6.45, 7) is 3.42. The molecule has 0 aliphatic carbocycles. The molecule has 3 heteroatoms. The molecule has 0 amide bonds. The van der Waals surface area contributed by atoms with Gasteiger partial charge in [-0.25, -0.2) is 0 Å². The molecule has 0 saturated carbocycles. The van der Waals surface area contributed by atoms with Gasteiger partial charge >= 0.3 is 0 Å². The average molecular weight is 388 g/mol. The second-order valence-corrected chi connectivity index (χ2v) is 6.76. The fourth-order valence-electron chi connectivity index (χ4n) is 2.64. The molecule has 1 aromatic carbocycles. The summed E-state index contributed by atoms with van der Waals surface area (Å²) in [6, 6.07) is 6.44. The molecule has 0 bridgehead atoms. The number of benzene rings is 1. The lowest BCUT2D eigenvalue weighted by atomic mass is 9.90. The fraction of sp³-hybridized carbons (Fsp3) is 0.500. The number of piperidine rings is 1. The Balaban J connectivity index is 1.82. The Morgan fingerprint density at radius 2 is 2.11 bits per heavy atom. The molecule has 0 aromatic heterocycles. The van der Waals surface area contributed by atoms with Gasteiger partial charge in [0.25, 0.3) is 0 Å². The van der Waals surface area contributed by atoms with Crippen LogP contribution in [0.15, 0.2) is 18.2 Å². The van der Waals surface area contributed by atoms with Crippen LogP contribution < -0.4 is 0 Å². The molecule has 1 aromatic rings. The molecule has 1 aliphatic heterocycles.